The van der Waals surface area contributed by atoms with Gasteiger partial charge in [0, 0.05) is 36.4 Å². The van der Waals surface area contributed by atoms with Gasteiger partial charge in [-0.15, -0.1) is 0 Å². The van der Waals surface area contributed by atoms with E-state index in [2.05, 4.69) is 15.6 Å². The maximum atomic E-state index is 13.2. The van der Waals surface area contributed by atoms with Crippen LogP contribution in [0.2, 0.25) is 0 Å². The Kier molecular flexibility index (Phi) is 8.07. The number of amides is 2. The van der Waals surface area contributed by atoms with E-state index in [0.717, 1.165) is 54.3 Å². The van der Waals surface area contributed by atoms with Crippen molar-refractivity contribution < 1.29 is 14.3 Å². The molecule has 1 fully saturated rings. The van der Waals surface area contributed by atoms with Gasteiger partial charge in [0.2, 0.25) is 0 Å². The Labute approximate surface area is 200 Å². The van der Waals surface area contributed by atoms with E-state index in [-0.39, 0.29) is 12.0 Å². The van der Waals surface area contributed by atoms with Gasteiger partial charge < -0.3 is 15.4 Å². The molecule has 1 aliphatic rings. The average molecular weight is 461 g/mol. The van der Waals surface area contributed by atoms with Crippen LogP contribution in [-0.2, 0) is 4.74 Å². The molecule has 0 aliphatic heterocycles. The Morgan fingerprint density at radius 1 is 0.971 bits per heavy atom. The summed E-state index contributed by atoms with van der Waals surface area (Å²) in [5.41, 5.74) is 3.13. The molecule has 7 nitrogen and oxygen atoms in total. The summed E-state index contributed by atoms with van der Waals surface area (Å²) >= 11 is 0. The summed E-state index contributed by atoms with van der Waals surface area (Å²) in [6.45, 7) is 3.74. The smallest absolute Gasteiger partial charge is 0.407 e. The number of rotatable bonds is 8. The lowest BCUT2D eigenvalue weighted by Gasteiger charge is -2.28. The largest absolute Gasteiger partial charge is 0.450 e. The second kappa shape index (κ2) is 11.6. The molecule has 7 heteroatoms. The highest BCUT2D eigenvalue weighted by molar-refractivity contribution is 6.07. The zero-order chi connectivity index (χ0) is 23.8. The number of nitrogens with one attached hydrogen (secondary N) is 2. The number of hydrogen-bond donors (Lipinski definition) is 2. The number of hydrogen-bond acceptors (Lipinski definition) is 5. The molecule has 178 valence electrons. The lowest BCUT2D eigenvalue weighted by molar-refractivity contribution is 0.0942. The van der Waals surface area contributed by atoms with Crippen LogP contribution < -0.4 is 10.6 Å². The molecule has 3 aromatic rings. The molecule has 1 aliphatic carbocycles. The van der Waals surface area contributed by atoms with Gasteiger partial charge in [0.05, 0.1) is 23.4 Å². The first-order chi connectivity index (χ1) is 16.6. The first-order valence-electron chi connectivity index (χ1n) is 12.1. The van der Waals surface area contributed by atoms with Crippen LogP contribution in [0.1, 0.15) is 49.4 Å². The third-order valence-corrected chi connectivity index (χ3v) is 6.43. The lowest BCUT2D eigenvalue weighted by Crippen LogP contribution is -2.35. The highest BCUT2D eigenvalue weighted by Gasteiger charge is 2.23. The van der Waals surface area contributed by atoms with Crippen LogP contribution in [0.4, 0.5) is 4.79 Å². The number of pyridine rings is 2. The van der Waals surface area contributed by atoms with Crippen molar-refractivity contribution in [3.8, 4) is 11.3 Å². The van der Waals surface area contributed by atoms with Crippen molar-refractivity contribution in [1.82, 2.24) is 20.6 Å². The molecule has 2 heterocycles. The number of ether oxygens (including phenoxy) is 1. The fourth-order valence-electron chi connectivity index (χ4n) is 4.48. The second-order valence-electron chi connectivity index (χ2n) is 8.92. The molecule has 2 N–H and O–H groups in total. The van der Waals surface area contributed by atoms with Gasteiger partial charge in [-0.05, 0) is 68.2 Å². The highest BCUT2D eigenvalue weighted by Crippen LogP contribution is 2.29. The second-order valence-corrected chi connectivity index (χ2v) is 8.92. The van der Waals surface area contributed by atoms with Crippen molar-refractivity contribution >= 4 is 22.9 Å². The Bertz CT molecular complexity index is 1110. The van der Waals surface area contributed by atoms with E-state index < -0.39 is 0 Å². The molecule has 0 unspecified atom stereocenters. The zero-order valence-electron chi connectivity index (χ0n) is 19.6. The van der Waals surface area contributed by atoms with E-state index in [9.17, 15) is 9.59 Å². The zero-order valence-corrected chi connectivity index (χ0v) is 19.6. The Balaban J connectivity index is 1.34. The number of para-hydroxylation sites is 1. The van der Waals surface area contributed by atoms with Crippen molar-refractivity contribution in [2.45, 2.75) is 39.0 Å². The topological polar surface area (TPSA) is 93.2 Å². The molecular formula is C27H32N4O3. The van der Waals surface area contributed by atoms with Gasteiger partial charge in [0.15, 0.2) is 0 Å². The molecular weight excluding hydrogens is 428 g/mol. The number of nitrogens with zero attached hydrogens (tertiary/aromatic N) is 2. The predicted molar refractivity (Wildman–Crippen MR) is 132 cm³/mol. The van der Waals surface area contributed by atoms with Gasteiger partial charge in [0.1, 0.15) is 0 Å². The third kappa shape index (κ3) is 6.10. The number of benzene rings is 1. The molecule has 0 spiro atoms. The van der Waals surface area contributed by atoms with Gasteiger partial charge in [-0.25, -0.2) is 9.78 Å². The van der Waals surface area contributed by atoms with Crippen molar-refractivity contribution in [3.05, 3.63) is 60.4 Å². The number of fused-ring (bicyclic) bond motifs is 1. The van der Waals surface area contributed by atoms with Gasteiger partial charge in [-0.3, -0.25) is 9.78 Å². The Morgan fingerprint density at radius 2 is 1.65 bits per heavy atom. The first kappa shape index (κ1) is 23.7. The molecule has 2 amide bonds. The van der Waals surface area contributed by atoms with E-state index in [1.807, 2.05) is 49.4 Å². The monoisotopic (exact) mass is 460 g/mol. The fraction of sp³-hybridized carbons (Fsp3) is 0.407. The van der Waals surface area contributed by atoms with Crippen LogP contribution in [0.25, 0.3) is 22.2 Å². The van der Waals surface area contributed by atoms with Crippen LogP contribution in [0.5, 0.6) is 0 Å². The normalized spacial score (nSPS) is 17.8. The fourth-order valence-corrected chi connectivity index (χ4v) is 4.48. The number of aromatic nitrogens is 2. The maximum absolute atomic E-state index is 13.2. The predicted octanol–water partition coefficient (Wildman–Crippen LogP) is 4.97. The molecule has 2 aromatic heterocycles. The summed E-state index contributed by atoms with van der Waals surface area (Å²) in [4.78, 5) is 33.7. The van der Waals surface area contributed by atoms with E-state index in [0.29, 0.717) is 37.1 Å². The van der Waals surface area contributed by atoms with Gasteiger partial charge >= 0.3 is 6.09 Å². The van der Waals surface area contributed by atoms with E-state index in [1.54, 1.807) is 12.4 Å². The minimum atomic E-state index is -0.327. The van der Waals surface area contributed by atoms with Crippen LogP contribution >= 0.6 is 0 Å². The summed E-state index contributed by atoms with van der Waals surface area (Å²) in [5, 5.41) is 6.88. The standard InChI is InChI=1S/C27H32N4O3/c1-2-15-34-27(33)30-18-20-9-7-19(8-10-20)17-29-26(32)23-16-25(21-11-13-28-14-12-21)31-24-6-4-3-5-22(23)24/h3-6,11-14,16,19-20H,2,7-10,15,17-18H2,1H3,(H,29,32)(H,30,33). The number of carbonyl (C=O) groups is 2. The van der Waals surface area contributed by atoms with Crippen molar-refractivity contribution in [2.75, 3.05) is 19.7 Å². The first-order valence-corrected chi connectivity index (χ1v) is 12.1. The average Bonchev–Trinajstić information content (AvgIpc) is 2.89. The summed E-state index contributed by atoms with van der Waals surface area (Å²) in [6, 6.07) is 13.4. The van der Waals surface area contributed by atoms with E-state index >= 15 is 0 Å². The molecule has 4 rings (SSSR count). The molecule has 1 saturated carbocycles. The van der Waals surface area contributed by atoms with Gasteiger partial charge in [0.25, 0.3) is 5.91 Å². The van der Waals surface area contributed by atoms with Crippen LogP contribution in [0.3, 0.4) is 0 Å². The summed E-state index contributed by atoms with van der Waals surface area (Å²) in [7, 11) is 0. The van der Waals surface area contributed by atoms with Crippen LogP contribution in [-0.4, -0.2) is 41.7 Å². The summed E-state index contributed by atoms with van der Waals surface area (Å²) in [6.07, 6.45) is 8.11. The quantitative estimate of drug-likeness (QED) is 0.495. The lowest BCUT2D eigenvalue weighted by atomic mass is 9.82. The maximum Gasteiger partial charge on any atom is 0.407 e. The summed E-state index contributed by atoms with van der Waals surface area (Å²) < 4.78 is 5.07. The van der Waals surface area contributed by atoms with E-state index in [1.165, 1.54) is 0 Å². The Morgan fingerprint density at radius 3 is 2.35 bits per heavy atom. The van der Waals surface area contributed by atoms with Crippen LogP contribution in [0.15, 0.2) is 54.9 Å². The number of carbonyl (C=O) groups excluding carboxylic acids is 2. The van der Waals surface area contributed by atoms with Gasteiger partial charge in [-0.1, -0.05) is 25.1 Å². The summed E-state index contributed by atoms with van der Waals surface area (Å²) in [5.74, 6) is 0.838. The van der Waals surface area contributed by atoms with Gasteiger partial charge in [-0.2, -0.15) is 0 Å². The SMILES string of the molecule is CCCOC(=O)NCC1CCC(CNC(=O)c2cc(-c3ccncc3)nc3ccccc23)CC1. The number of alkyl carbamates (subject to hydrolysis) is 1. The van der Waals surface area contributed by atoms with Crippen molar-refractivity contribution in [3.63, 3.8) is 0 Å². The Hall–Kier alpha value is -3.48. The molecule has 0 saturated heterocycles. The van der Waals surface area contributed by atoms with Crippen molar-refractivity contribution in [1.29, 1.82) is 0 Å². The molecule has 0 radical (unpaired) electrons. The minimum absolute atomic E-state index is 0.0728. The van der Waals surface area contributed by atoms with Crippen LogP contribution in [0, 0.1) is 11.8 Å². The van der Waals surface area contributed by atoms with Crippen molar-refractivity contribution in [2.24, 2.45) is 11.8 Å². The highest BCUT2D eigenvalue weighted by atomic mass is 16.5. The molecule has 0 bridgehead atoms. The molecule has 0 atom stereocenters. The van der Waals surface area contributed by atoms with E-state index in [4.69, 9.17) is 9.72 Å². The third-order valence-electron chi connectivity index (χ3n) is 6.43. The molecule has 1 aromatic carbocycles. The molecule has 34 heavy (non-hydrogen) atoms. The minimum Gasteiger partial charge on any atom is -0.450 e.